The van der Waals surface area contributed by atoms with E-state index in [-0.39, 0.29) is 13.2 Å². The molecule has 0 aromatic heterocycles. The summed E-state index contributed by atoms with van der Waals surface area (Å²) < 4.78 is 70.1. The zero-order valence-electron chi connectivity index (χ0n) is 8.97. The molecule has 100 valence electrons. The van der Waals surface area contributed by atoms with E-state index in [4.69, 9.17) is 0 Å². The van der Waals surface area contributed by atoms with Crippen molar-refractivity contribution in [2.45, 2.75) is 17.8 Å². The van der Waals surface area contributed by atoms with Crippen LogP contribution >= 0.6 is 0 Å². The maximum Gasteiger partial charge on any atom is 0.412 e. The second-order valence-electron chi connectivity index (χ2n) is 3.10. The number of esters is 1. The quantitative estimate of drug-likeness (QED) is 0.553. The molecular weight excluding hydrogens is 252 g/mol. The predicted octanol–water partition coefficient (Wildman–Crippen LogP) is 0.777. The summed E-state index contributed by atoms with van der Waals surface area (Å²) in [5.41, 5.74) is 0. The van der Waals surface area contributed by atoms with Crippen molar-refractivity contribution in [3.05, 3.63) is 0 Å². The van der Waals surface area contributed by atoms with Crippen LogP contribution in [0.5, 0.6) is 0 Å². The normalized spacial score (nSPS) is 20.4. The van der Waals surface area contributed by atoms with Gasteiger partial charge in [-0.05, 0) is 0 Å². The molecule has 0 atom stereocenters. The molecule has 0 aliphatic carbocycles. The highest BCUT2D eigenvalue weighted by Crippen LogP contribution is 2.47. The summed E-state index contributed by atoms with van der Waals surface area (Å²) in [6, 6.07) is 0. The van der Waals surface area contributed by atoms with Gasteiger partial charge in [0.15, 0.2) is 0 Å². The van der Waals surface area contributed by atoms with Gasteiger partial charge in [0.1, 0.15) is 0 Å². The van der Waals surface area contributed by atoms with Crippen LogP contribution in [0.1, 0.15) is 0 Å². The minimum Gasteiger partial charge on any atom is -0.464 e. The fourth-order valence-corrected chi connectivity index (χ4v) is 1.27. The first-order chi connectivity index (χ1) is 7.75. The molecular formula is C8H10F4O5. The van der Waals surface area contributed by atoms with Gasteiger partial charge in [-0.25, -0.2) is 4.79 Å². The lowest BCUT2D eigenvalue weighted by atomic mass is 10.1. The van der Waals surface area contributed by atoms with Crippen molar-refractivity contribution in [2.24, 2.45) is 0 Å². The van der Waals surface area contributed by atoms with Gasteiger partial charge in [0.05, 0.1) is 20.3 Å². The van der Waals surface area contributed by atoms with Crippen molar-refractivity contribution in [3.8, 4) is 0 Å². The number of alkyl halides is 4. The van der Waals surface area contributed by atoms with Crippen LogP contribution in [0.25, 0.3) is 0 Å². The molecule has 1 aliphatic rings. The molecule has 0 radical (unpaired) electrons. The molecule has 1 heterocycles. The number of hydrogen-bond acceptors (Lipinski definition) is 5. The van der Waals surface area contributed by atoms with E-state index in [1.54, 1.807) is 0 Å². The molecule has 0 spiro atoms. The minimum absolute atomic E-state index is 0.360. The molecule has 1 aliphatic heterocycles. The number of carbonyl (C=O) groups excluding carboxylic acids is 1. The standard InChI is InChI=1S/C8H10F4O5/c1-14-5(13)6(9,10)7(11,12)8(15-2)16-3-4-17-8/h3-4H2,1-2H3. The first kappa shape index (κ1) is 14.1. The molecule has 0 bridgehead atoms. The predicted molar refractivity (Wildman–Crippen MR) is 43.6 cm³/mol. The fourth-order valence-electron chi connectivity index (χ4n) is 1.27. The third-order valence-corrected chi connectivity index (χ3v) is 2.16. The third kappa shape index (κ3) is 1.87. The molecule has 0 aromatic rings. The van der Waals surface area contributed by atoms with Gasteiger partial charge in [0.2, 0.25) is 0 Å². The highest BCUT2D eigenvalue weighted by molar-refractivity contribution is 5.79. The Bertz CT molecular complexity index is 300. The fraction of sp³-hybridized carbons (Fsp3) is 0.875. The van der Waals surface area contributed by atoms with E-state index in [0.717, 1.165) is 0 Å². The van der Waals surface area contributed by atoms with Crippen molar-refractivity contribution in [1.82, 2.24) is 0 Å². The molecule has 0 saturated carbocycles. The van der Waals surface area contributed by atoms with Crippen LogP contribution in [0.3, 0.4) is 0 Å². The highest BCUT2D eigenvalue weighted by Gasteiger charge is 2.77. The number of carbonyl (C=O) groups is 1. The second-order valence-corrected chi connectivity index (χ2v) is 3.10. The minimum atomic E-state index is -5.14. The van der Waals surface area contributed by atoms with E-state index in [2.05, 4.69) is 18.9 Å². The molecule has 0 amide bonds. The Morgan fingerprint density at radius 1 is 1.18 bits per heavy atom. The van der Waals surface area contributed by atoms with Crippen molar-refractivity contribution in [1.29, 1.82) is 0 Å². The van der Waals surface area contributed by atoms with Gasteiger partial charge in [0, 0.05) is 7.11 Å². The summed E-state index contributed by atoms with van der Waals surface area (Å²) >= 11 is 0. The summed E-state index contributed by atoms with van der Waals surface area (Å²) in [6.45, 7) is -0.721. The molecule has 17 heavy (non-hydrogen) atoms. The summed E-state index contributed by atoms with van der Waals surface area (Å²) in [6.07, 6.45) is 0. The van der Waals surface area contributed by atoms with E-state index in [9.17, 15) is 22.4 Å². The summed E-state index contributed by atoms with van der Waals surface area (Å²) in [4.78, 5) is 10.7. The Morgan fingerprint density at radius 3 is 2.00 bits per heavy atom. The zero-order valence-corrected chi connectivity index (χ0v) is 8.97. The van der Waals surface area contributed by atoms with Gasteiger partial charge in [0.25, 0.3) is 0 Å². The molecule has 1 rings (SSSR count). The van der Waals surface area contributed by atoms with Crippen molar-refractivity contribution in [3.63, 3.8) is 0 Å². The van der Waals surface area contributed by atoms with Crippen LogP contribution in [-0.4, -0.2) is 51.2 Å². The lowest BCUT2D eigenvalue weighted by Crippen LogP contribution is -2.63. The lowest BCUT2D eigenvalue weighted by Gasteiger charge is -2.35. The zero-order chi connectivity index (χ0) is 13.3. The van der Waals surface area contributed by atoms with E-state index < -0.39 is 23.8 Å². The van der Waals surface area contributed by atoms with Gasteiger partial charge in [-0.3, -0.25) is 0 Å². The van der Waals surface area contributed by atoms with Crippen LogP contribution in [0.15, 0.2) is 0 Å². The number of rotatable bonds is 4. The second kappa shape index (κ2) is 4.39. The van der Waals surface area contributed by atoms with E-state index >= 15 is 0 Å². The number of methoxy groups -OCH3 is 2. The Kier molecular flexibility index (Phi) is 3.65. The highest BCUT2D eigenvalue weighted by atomic mass is 19.3. The molecule has 9 heteroatoms. The Balaban J connectivity index is 3.11. The van der Waals surface area contributed by atoms with Gasteiger partial charge >= 0.3 is 23.8 Å². The van der Waals surface area contributed by atoms with Crippen LogP contribution in [0.2, 0.25) is 0 Å². The molecule has 1 saturated heterocycles. The Morgan fingerprint density at radius 2 is 1.65 bits per heavy atom. The van der Waals surface area contributed by atoms with Crippen LogP contribution in [0.4, 0.5) is 17.6 Å². The SMILES string of the molecule is COC(=O)C(F)(F)C(F)(F)C1(OC)OCCO1. The topological polar surface area (TPSA) is 54.0 Å². The largest absolute Gasteiger partial charge is 0.464 e. The van der Waals surface area contributed by atoms with Crippen molar-refractivity contribution < 1.29 is 41.3 Å². The monoisotopic (exact) mass is 262 g/mol. The van der Waals surface area contributed by atoms with Crippen LogP contribution < -0.4 is 0 Å². The van der Waals surface area contributed by atoms with E-state index in [1.165, 1.54) is 0 Å². The van der Waals surface area contributed by atoms with Gasteiger partial charge in [-0.2, -0.15) is 17.6 Å². The van der Waals surface area contributed by atoms with Gasteiger partial charge in [-0.15, -0.1) is 0 Å². The Labute approximate surface area is 93.6 Å². The molecule has 0 unspecified atom stereocenters. The maximum absolute atomic E-state index is 13.6. The first-order valence-corrected chi connectivity index (χ1v) is 4.42. The van der Waals surface area contributed by atoms with Gasteiger partial charge < -0.3 is 18.9 Å². The van der Waals surface area contributed by atoms with Crippen LogP contribution in [-0.2, 0) is 23.7 Å². The molecule has 0 aromatic carbocycles. The number of halogens is 4. The molecule has 1 fully saturated rings. The average molecular weight is 262 g/mol. The summed E-state index contributed by atoms with van der Waals surface area (Å²) in [7, 11) is 1.26. The summed E-state index contributed by atoms with van der Waals surface area (Å²) in [5, 5.41) is 0. The lowest BCUT2D eigenvalue weighted by molar-refractivity contribution is -0.440. The van der Waals surface area contributed by atoms with Crippen LogP contribution in [0, 0.1) is 0 Å². The third-order valence-electron chi connectivity index (χ3n) is 2.16. The van der Waals surface area contributed by atoms with Gasteiger partial charge in [-0.1, -0.05) is 0 Å². The first-order valence-electron chi connectivity index (χ1n) is 4.42. The van der Waals surface area contributed by atoms with E-state index in [0.29, 0.717) is 14.2 Å². The maximum atomic E-state index is 13.6. The number of hydrogen-bond donors (Lipinski definition) is 0. The number of ether oxygens (including phenoxy) is 4. The smallest absolute Gasteiger partial charge is 0.412 e. The van der Waals surface area contributed by atoms with Crippen molar-refractivity contribution in [2.75, 3.05) is 27.4 Å². The average Bonchev–Trinajstić information content (AvgIpc) is 2.77. The Hall–Kier alpha value is -0.930. The summed E-state index contributed by atoms with van der Waals surface area (Å²) in [5.74, 6) is -15.9. The van der Waals surface area contributed by atoms with Crippen molar-refractivity contribution >= 4 is 5.97 Å². The molecule has 5 nitrogen and oxygen atoms in total. The van der Waals surface area contributed by atoms with E-state index in [1.807, 2.05) is 0 Å². The molecule has 0 N–H and O–H groups in total.